The maximum absolute atomic E-state index is 5.90. The van der Waals surface area contributed by atoms with Crippen LogP contribution in [0.2, 0.25) is 5.02 Å². The highest BCUT2D eigenvalue weighted by molar-refractivity contribution is 9.11. The average Bonchev–Trinajstić information content (AvgIpc) is 1.99. The van der Waals surface area contributed by atoms with Gasteiger partial charge in [-0.15, -0.1) is 0 Å². The van der Waals surface area contributed by atoms with E-state index in [1.54, 1.807) is 7.11 Å². The lowest BCUT2D eigenvalue weighted by atomic mass is 10.3. The van der Waals surface area contributed by atoms with E-state index in [1.165, 1.54) is 0 Å². The van der Waals surface area contributed by atoms with E-state index in [0.717, 1.165) is 8.95 Å². The Labute approximate surface area is 86.9 Å². The van der Waals surface area contributed by atoms with Crippen molar-refractivity contribution in [1.29, 1.82) is 0 Å². The topological polar surface area (TPSA) is 9.23 Å². The molecule has 0 saturated carbocycles. The van der Waals surface area contributed by atoms with Crippen LogP contribution in [0.5, 0.6) is 5.75 Å². The van der Waals surface area contributed by atoms with Gasteiger partial charge in [-0.2, -0.15) is 0 Å². The largest absolute Gasteiger partial charge is 0.494 e. The highest BCUT2D eigenvalue weighted by Crippen LogP contribution is 2.37. The number of halogens is 3. The molecule has 0 atom stereocenters. The number of benzene rings is 1. The zero-order chi connectivity index (χ0) is 8.43. The highest BCUT2D eigenvalue weighted by Gasteiger charge is 2.07. The Hall–Kier alpha value is 0.270. The molecule has 0 spiro atoms. The van der Waals surface area contributed by atoms with Crippen LogP contribution < -0.4 is 4.74 Å². The van der Waals surface area contributed by atoms with Crippen LogP contribution in [0.15, 0.2) is 21.1 Å². The van der Waals surface area contributed by atoms with Gasteiger partial charge in [0.2, 0.25) is 0 Å². The van der Waals surface area contributed by atoms with Gasteiger partial charge in [0.05, 0.1) is 16.6 Å². The Morgan fingerprint density at radius 2 is 1.82 bits per heavy atom. The molecule has 0 aliphatic carbocycles. The lowest BCUT2D eigenvalue weighted by Crippen LogP contribution is -1.85. The molecule has 1 aromatic carbocycles. The zero-order valence-corrected chi connectivity index (χ0v) is 9.62. The van der Waals surface area contributed by atoms with Crippen LogP contribution >= 0.6 is 43.5 Å². The first-order chi connectivity index (χ1) is 5.16. The van der Waals surface area contributed by atoms with Crippen LogP contribution in [0.3, 0.4) is 0 Å². The van der Waals surface area contributed by atoms with E-state index in [0.29, 0.717) is 10.8 Å². The fourth-order valence-corrected chi connectivity index (χ4v) is 1.86. The highest BCUT2D eigenvalue weighted by atomic mass is 79.9. The van der Waals surface area contributed by atoms with Gasteiger partial charge in [-0.05, 0) is 44.0 Å². The van der Waals surface area contributed by atoms with Gasteiger partial charge in [0, 0.05) is 4.47 Å². The average molecular weight is 300 g/mol. The molecule has 0 unspecified atom stereocenters. The molecule has 0 aromatic heterocycles. The van der Waals surface area contributed by atoms with Gasteiger partial charge < -0.3 is 4.74 Å². The normalized spacial score (nSPS) is 9.82. The summed E-state index contributed by atoms with van der Waals surface area (Å²) in [5.74, 6) is 0.654. The molecule has 0 heterocycles. The van der Waals surface area contributed by atoms with E-state index >= 15 is 0 Å². The molecule has 0 N–H and O–H groups in total. The third-order valence-corrected chi connectivity index (χ3v) is 3.09. The van der Waals surface area contributed by atoms with Crippen LogP contribution in [-0.2, 0) is 0 Å². The maximum Gasteiger partial charge on any atom is 0.152 e. The van der Waals surface area contributed by atoms with Crippen LogP contribution in [0.25, 0.3) is 0 Å². The van der Waals surface area contributed by atoms with Gasteiger partial charge >= 0.3 is 0 Å². The molecule has 0 fully saturated rings. The van der Waals surface area contributed by atoms with E-state index in [9.17, 15) is 0 Å². The van der Waals surface area contributed by atoms with Gasteiger partial charge in [0.25, 0.3) is 0 Å². The Bertz CT molecular complexity index is 275. The predicted molar refractivity (Wildman–Crippen MR) is 53.4 cm³/mol. The lowest BCUT2D eigenvalue weighted by molar-refractivity contribution is 0.412. The van der Waals surface area contributed by atoms with Crippen molar-refractivity contribution in [2.45, 2.75) is 0 Å². The number of hydrogen-bond donors (Lipinski definition) is 0. The molecule has 1 nitrogen and oxygen atoms in total. The minimum absolute atomic E-state index is 0.585. The summed E-state index contributed by atoms with van der Waals surface area (Å²) >= 11 is 12.5. The number of rotatable bonds is 1. The van der Waals surface area contributed by atoms with Crippen LogP contribution in [0, 0.1) is 0 Å². The first-order valence-electron chi connectivity index (χ1n) is 2.84. The molecule has 0 amide bonds. The third kappa shape index (κ3) is 1.89. The van der Waals surface area contributed by atoms with Crippen molar-refractivity contribution in [3.63, 3.8) is 0 Å². The first kappa shape index (κ1) is 9.36. The summed E-state index contributed by atoms with van der Waals surface area (Å²) in [5.41, 5.74) is 0. The molecular weight excluding hydrogens is 295 g/mol. The van der Waals surface area contributed by atoms with Crippen molar-refractivity contribution in [2.24, 2.45) is 0 Å². The lowest BCUT2D eigenvalue weighted by Gasteiger charge is -2.05. The number of hydrogen-bond acceptors (Lipinski definition) is 1. The summed E-state index contributed by atoms with van der Waals surface area (Å²) in [6.07, 6.45) is 0. The standard InChI is InChI=1S/C7H5Br2ClO/c1-11-7-5(9)3-2-4(8)6(7)10/h2-3H,1H3. The van der Waals surface area contributed by atoms with Crippen molar-refractivity contribution in [3.05, 3.63) is 26.1 Å². The summed E-state index contributed by atoms with van der Waals surface area (Å²) in [7, 11) is 1.58. The maximum atomic E-state index is 5.90. The molecule has 1 rings (SSSR count). The van der Waals surface area contributed by atoms with E-state index in [1.807, 2.05) is 12.1 Å². The van der Waals surface area contributed by atoms with Crippen LogP contribution in [0.1, 0.15) is 0 Å². The second-order valence-electron chi connectivity index (χ2n) is 1.88. The van der Waals surface area contributed by atoms with Crippen molar-refractivity contribution in [1.82, 2.24) is 0 Å². The van der Waals surface area contributed by atoms with Gasteiger partial charge in [-0.25, -0.2) is 0 Å². The molecular formula is C7H5Br2ClO. The smallest absolute Gasteiger partial charge is 0.152 e. The first-order valence-corrected chi connectivity index (χ1v) is 4.80. The van der Waals surface area contributed by atoms with Gasteiger partial charge in [-0.3, -0.25) is 0 Å². The van der Waals surface area contributed by atoms with Crippen molar-refractivity contribution in [3.8, 4) is 5.75 Å². The second-order valence-corrected chi connectivity index (χ2v) is 3.96. The SMILES string of the molecule is COc1c(Br)ccc(Br)c1Cl. The molecule has 0 bridgehead atoms. The van der Waals surface area contributed by atoms with Gasteiger partial charge in [0.15, 0.2) is 5.75 Å². The number of ether oxygens (including phenoxy) is 1. The monoisotopic (exact) mass is 298 g/mol. The molecule has 0 saturated heterocycles. The second kappa shape index (κ2) is 3.78. The molecule has 0 radical (unpaired) electrons. The summed E-state index contributed by atoms with van der Waals surface area (Å²) in [4.78, 5) is 0. The van der Waals surface area contributed by atoms with Crippen LogP contribution in [0.4, 0.5) is 0 Å². The summed E-state index contributed by atoms with van der Waals surface area (Å²) in [6.45, 7) is 0. The Balaban J connectivity index is 3.29. The molecule has 11 heavy (non-hydrogen) atoms. The fourth-order valence-electron chi connectivity index (χ4n) is 0.696. The molecule has 1 aromatic rings. The molecule has 60 valence electrons. The van der Waals surface area contributed by atoms with E-state index < -0.39 is 0 Å². The molecule has 0 aliphatic heterocycles. The predicted octanol–water partition coefficient (Wildman–Crippen LogP) is 3.87. The summed E-state index contributed by atoms with van der Waals surface area (Å²) in [6, 6.07) is 3.73. The fraction of sp³-hybridized carbons (Fsp3) is 0.143. The quantitative estimate of drug-likeness (QED) is 0.715. The summed E-state index contributed by atoms with van der Waals surface area (Å²) in [5, 5.41) is 0.585. The van der Waals surface area contributed by atoms with E-state index in [-0.39, 0.29) is 0 Å². The molecule has 0 aliphatic rings. The van der Waals surface area contributed by atoms with Gasteiger partial charge in [-0.1, -0.05) is 11.6 Å². The zero-order valence-electron chi connectivity index (χ0n) is 5.70. The van der Waals surface area contributed by atoms with Crippen molar-refractivity contribution in [2.75, 3.05) is 7.11 Å². The Morgan fingerprint density at radius 1 is 1.27 bits per heavy atom. The third-order valence-electron chi connectivity index (χ3n) is 1.21. The van der Waals surface area contributed by atoms with Crippen molar-refractivity contribution >= 4 is 43.5 Å². The Kier molecular flexibility index (Phi) is 3.22. The minimum Gasteiger partial charge on any atom is -0.494 e. The number of methoxy groups -OCH3 is 1. The van der Waals surface area contributed by atoms with E-state index in [4.69, 9.17) is 16.3 Å². The minimum atomic E-state index is 0.585. The van der Waals surface area contributed by atoms with Gasteiger partial charge in [0.1, 0.15) is 0 Å². The van der Waals surface area contributed by atoms with E-state index in [2.05, 4.69) is 31.9 Å². The summed E-state index contributed by atoms with van der Waals surface area (Å²) < 4.78 is 6.74. The van der Waals surface area contributed by atoms with Crippen LogP contribution in [-0.4, -0.2) is 7.11 Å². The Morgan fingerprint density at radius 3 is 2.27 bits per heavy atom. The van der Waals surface area contributed by atoms with Crippen molar-refractivity contribution < 1.29 is 4.74 Å². The molecule has 4 heteroatoms.